The summed E-state index contributed by atoms with van der Waals surface area (Å²) in [6.07, 6.45) is 0. The highest BCUT2D eigenvalue weighted by molar-refractivity contribution is 8.01. The lowest BCUT2D eigenvalue weighted by Gasteiger charge is -2.18. The van der Waals surface area contributed by atoms with Crippen LogP contribution in [0.25, 0.3) is 5.57 Å². The van der Waals surface area contributed by atoms with E-state index in [9.17, 15) is 0 Å². The van der Waals surface area contributed by atoms with Crippen LogP contribution in [0.2, 0.25) is 0 Å². The van der Waals surface area contributed by atoms with Gasteiger partial charge in [0.1, 0.15) is 0 Å². The maximum atomic E-state index is 9.07. The molecule has 3 rings (SSSR count). The topological polar surface area (TPSA) is 33.0 Å². The van der Waals surface area contributed by atoms with Crippen molar-refractivity contribution in [3.8, 4) is 6.07 Å². The number of nitriles is 1. The maximum Gasteiger partial charge on any atom is 0.0991 e. The Kier molecular flexibility index (Phi) is 4.62. The van der Waals surface area contributed by atoms with E-state index in [2.05, 4.69) is 48.7 Å². The first-order chi connectivity index (χ1) is 10.8. The second-order valence-electron chi connectivity index (χ2n) is 5.42. The van der Waals surface area contributed by atoms with Crippen molar-refractivity contribution < 1.29 is 4.74 Å². The van der Waals surface area contributed by atoms with Gasteiger partial charge in [-0.3, -0.25) is 0 Å². The molecule has 0 unspecified atom stereocenters. The van der Waals surface area contributed by atoms with Crippen molar-refractivity contribution in [3.63, 3.8) is 0 Å². The number of hydrogen-bond acceptors (Lipinski definition) is 3. The van der Waals surface area contributed by atoms with Crippen molar-refractivity contribution in [1.29, 1.82) is 5.26 Å². The van der Waals surface area contributed by atoms with Crippen LogP contribution in [0.4, 0.5) is 0 Å². The largest absolute Gasteiger partial charge is 0.372 e. The molecular weight excluding hydrogens is 290 g/mol. The van der Waals surface area contributed by atoms with Gasteiger partial charge in [0.15, 0.2) is 0 Å². The second-order valence-corrected chi connectivity index (χ2v) is 6.28. The number of aryl methyl sites for hydroxylation is 1. The van der Waals surface area contributed by atoms with Gasteiger partial charge in [-0.2, -0.15) is 5.26 Å². The van der Waals surface area contributed by atoms with Gasteiger partial charge in [-0.05, 0) is 46.7 Å². The third kappa shape index (κ3) is 3.41. The summed E-state index contributed by atoms with van der Waals surface area (Å²) < 4.78 is 5.88. The van der Waals surface area contributed by atoms with Crippen molar-refractivity contribution in [2.75, 3.05) is 6.61 Å². The van der Waals surface area contributed by atoms with E-state index in [0.29, 0.717) is 18.8 Å². The number of fused-ring (bicyclic) bond motifs is 1. The monoisotopic (exact) mass is 307 g/mol. The average molecular weight is 307 g/mol. The molecule has 0 radical (unpaired) electrons. The summed E-state index contributed by atoms with van der Waals surface area (Å²) in [7, 11) is 0. The number of benzene rings is 2. The first-order valence-electron chi connectivity index (χ1n) is 7.23. The van der Waals surface area contributed by atoms with Crippen LogP contribution < -0.4 is 0 Å². The van der Waals surface area contributed by atoms with Crippen LogP contribution in [-0.2, 0) is 17.1 Å². The van der Waals surface area contributed by atoms with Gasteiger partial charge in [-0.1, -0.05) is 35.9 Å². The van der Waals surface area contributed by atoms with E-state index in [-0.39, 0.29) is 0 Å². The Morgan fingerprint density at radius 2 is 2.09 bits per heavy atom. The van der Waals surface area contributed by atoms with Crippen LogP contribution in [0.3, 0.4) is 0 Å². The second kappa shape index (κ2) is 6.83. The molecule has 1 aliphatic heterocycles. The fourth-order valence-electron chi connectivity index (χ4n) is 2.56. The standard InChI is InChI=1S/C19H17NOS/c1-14-3-2-4-16(7-14)10-21-11-18-13-22-12-17-6-5-15(9-20)8-19(17)18/h2-8,13H,10-12H2,1H3. The molecule has 0 aliphatic carbocycles. The van der Waals surface area contributed by atoms with Gasteiger partial charge in [-0.25, -0.2) is 0 Å². The third-order valence-electron chi connectivity index (χ3n) is 3.66. The molecule has 2 aromatic rings. The van der Waals surface area contributed by atoms with Crippen LogP contribution in [0.15, 0.2) is 47.9 Å². The van der Waals surface area contributed by atoms with Crippen molar-refractivity contribution in [3.05, 3.63) is 75.7 Å². The Bertz CT molecular complexity index is 758. The molecule has 2 aromatic carbocycles. The summed E-state index contributed by atoms with van der Waals surface area (Å²) in [5, 5.41) is 11.2. The van der Waals surface area contributed by atoms with E-state index in [0.717, 1.165) is 16.9 Å². The van der Waals surface area contributed by atoms with Gasteiger partial charge in [-0.15, -0.1) is 11.8 Å². The average Bonchev–Trinajstić information content (AvgIpc) is 2.55. The molecule has 22 heavy (non-hydrogen) atoms. The molecule has 3 heteroatoms. The minimum absolute atomic E-state index is 0.572. The van der Waals surface area contributed by atoms with Gasteiger partial charge in [0.25, 0.3) is 0 Å². The first kappa shape index (κ1) is 14.9. The zero-order chi connectivity index (χ0) is 15.4. The summed E-state index contributed by atoms with van der Waals surface area (Å²) in [6, 6.07) is 16.5. The highest BCUT2D eigenvalue weighted by Crippen LogP contribution is 2.32. The van der Waals surface area contributed by atoms with Gasteiger partial charge < -0.3 is 4.74 Å². The fourth-order valence-corrected chi connectivity index (χ4v) is 3.47. The van der Waals surface area contributed by atoms with Crippen molar-refractivity contribution >= 4 is 17.3 Å². The molecular formula is C19H17NOS. The third-order valence-corrected chi connectivity index (χ3v) is 4.59. The van der Waals surface area contributed by atoms with Crippen LogP contribution in [-0.4, -0.2) is 6.61 Å². The Morgan fingerprint density at radius 3 is 2.91 bits per heavy atom. The number of hydrogen-bond donors (Lipinski definition) is 0. The molecule has 1 heterocycles. The Labute approximate surface area is 135 Å². The minimum Gasteiger partial charge on any atom is -0.372 e. The normalized spacial score (nSPS) is 13.2. The lowest BCUT2D eigenvalue weighted by atomic mass is 9.99. The van der Waals surface area contributed by atoms with Gasteiger partial charge in [0.05, 0.1) is 24.8 Å². The van der Waals surface area contributed by atoms with Crippen molar-refractivity contribution in [2.45, 2.75) is 19.3 Å². The summed E-state index contributed by atoms with van der Waals surface area (Å²) in [6.45, 7) is 3.27. The summed E-state index contributed by atoms with van der Waals surface area (Å²) in [4.78, 5) is 0. The highest BCUT2D eigenvalue weighted by Gasteiger charge is 2.13. The number of ether oxygens (including phenoxy) is 1. The van der Waals surface area contributed by atoms with Crippen LogP contribution in [0, 0.1) is 18.3 Å². The fraction of sp³-hybridized carbons (Fsp3) is 0.211. The van der Waals surface area contributed by atoms with Crippen molar-refractivity contribution in [2.24, 2.45) is 0 Å². The van der Waals surface area contributed by atoms with Gasteiger partial charge in [0, 0.05) is 5.75 Å². The van der Waals surface area contributed by atoms with Gasteiger partial charge >= 0.3 is 0 Å². The SMILES string of the molecule is Cc1cccc(COCC2=CSCc3ccc(C#N)cc32)c1. The van der Waals surface area contributed by atoms with Crippen LogP contribution in [0.1, 0.15) is 27.8 Å². The lowest BCUT2D eigenvalue weighted by Crippen LogP contribution is -2.04. The predicted molar refractivity (Wildman–Crippen MR) is 91.3 cm³/mol. The summed E-state index contributed by atoms with van der Waals surface area (Å²) in [5.41, 5.74) is 6.74. The van der Waals surface area contributed by atoms with Crippen LogP contribution in [0.5, 0.6) is 0 Å². The molecule has 0 atom stereocenters. The molecule has 0 fully saturated rings. The van der Waals surface area contributed by atoms with E-state index in [4.69, 9.17) is 10.00 Å². The summed E-state index contributed by atoms with van der Waals surface area (Å²) >= 11 is 1.78. The Balaban J connectivity index is 1.69. The number of nitrogens with zero attached hydrogens (tertiary/aromatic N) is 1. The molecule has 0 spiro atoms. The smallest absolute Gasteiger partial charge is 0.0991 e. The molecule has 0 amide bonds. The Morgan fingerprint density at radius 1 is 1.18 bits per heavy atom. The molecule has 0 saturated heterocycles. The molecule has 0 N–H and O–H groups in total. The predicted octanol–water partition coefficient (Wildman–Crippen LogP) is 4.67. The van der Waals surface area contributed by atoms with E-state index >= 15 is 0 Å². The molecule has 2 nitrogen and oxygen atoms in total. The molecule has 110 valence electrons. The van der Waals surface area contributed by atoms with E-state index in [1.807, 2.05) is 12.1 Å². The molecule has 1 aliphatic rings. The molecule has 0 saturated carbocycles. The quantitative estimate of drug-likeness (QED) is 0.823. The zero-order valence-corrected chi connectivity index (χ0v) is 13.3. The maximum absolute atomic E-state index is 9.07. The Hall–Kier alpha value is -2.02. The van der Waals surface area contributed by atoms with E-state index in [1.54, 1.807) is 11.8 Å². The molecule has 0 aromatic heterocycles. The zero-order valence-electron chi connectivity index (χ0n) is 12.5. The van der Waals surface area contributed by atoms with Gasteiger partial charge in [0.2, 0.25) is 0 Å². The highest BCUT2D eigenvalue weighted by atomic mass is 32.2. The summed E-state index contributed by atoms with van der Waals surface area (Å²) in [5.74, 6) is 0.961. The first-order valence-corrected chi connectivity index (χ1v) is 8.28. The number of rotatable bonds is 4. The van der Waals surface area contributed by atoms with Crippen LogP contribution >= 0.6 is 11.8 Å². The van der Waals surface area contributed by atoms with E-state index < -0.39 is 0 Å². The molecule has 0 bridgehead atoms. The number of thioether (sulfide) groups is 1. The minimum atomic E-state index is 0.572. The lowest BCUT2D eigenvalue weighted by molar-refractivity contribution is 0.153. The van der Waals surface area contributed by atoms with E-state index in [1.165, 1.54) is 16.7 Å². The van der Waals surface area contributed by atoms with Crippen molar-refractivity contribution in [1.82, 2.24) is 0 Å².